The van der Waals surface area contributed by atoms with Crippen LogP contribution in [0.4, 0.5) is 0 Å². The van der Waals surface area contributed by atoms with Crippen molar-refractivity contribution in [3.05, 3.63) is 73.3 Å². The molecule has 2 aromatic carbocycles. The number of rotatable bonds is 13. The van der Waals surface area contributed by atoms with Crippen molar-refractivity contribution in [2.75, 3.05) is 6.61 Å². The van der Waals surface area contributed by atoms with Gasteiger partial charge in [0.1, 0.15) is 0 Å². The third-order valence-corrected chi connectivity index (χ3v) is 13.9. The Morgan fingerprint density at radius 3 is 1.86 bits per heavy atom. The maximum Gasteiger partial charge on any atom is 0.261 e. The van der Waals surface area contributed by atoms with E-state index in [0.29, 0.717) is 10.8 Å². The van der Waals surface area contributed by atoms with Crippen molar-refractivity contribution in [2.45, 2.75) is 110 Å². The molecule has 0 heterocycles. The van der Waals surface area contributed by atoms with Gasteiger partial charge in [-0.25, -0.2) is 0 Å². The van der Waals surface area contributed by atoms with Crippen LogP contribution in [0.2, 0.25) is 5.04 Å². The van der Waals surface area contributed by atoms with E-state index in [-0.39, 0.29) is 5.04 Å². The Bertz CT molecular complexity index is 864. The molecular formula is C34H52OSi. The van der Waals surface area contributed by atoms with Crippen LogP contribution in [0.1, 0.15) is 105 Å². The molecule has 0 radical (unpaired) electrons. The van der Waals surface area contributed by atoms with Crippen LogP contribution < -0.4 is 10.4 Å². The highest BCUT2D eigenvalue weighted by molar-refractivity contribution is 6.99. The van der Waals surface area contributed by atoms with Gasteiger partial charge in [-0.2, -0.15) is 0 Å². The van der Waals surface area contributed by atoms with E-state index in [1.807, 2.05) is 0 Å². The molecule has 2 heteroatoms. The Morgan fingerprint density at radius 1 is 0.806 bits per heavy atom. The van der Waals surface area contributed by atoms with Crippen LogP contribution in [-0.2, 0) is 4.43 Å². The van der Waals surface area contributed by atoms with Crippen molar-refractivity contribution in [1.82, 2.24) is 0 Å². The lowest BCUT2D eigenvalue weighted by Crippen LogP contribution is -2.66. The van der Waals surface area contributed by atoms with Crippen LogP contribution in [0, 0.1) is 10.8 Å². The summed E-state index contributed by atoms with van der Waals surface area (Å²) in [6.07, 6.45) is 16.6. The van der Waals surface area contributed by atoms with Gasteiger partial charge in [-0.05, 0) is 77.6 Å². The van der Waals surface area contributed by atoms with Crippen LogP contribution in [0.5, 0.6) is 0 Å². The molecule has 0 aromatic heterocycles. The summed E-state index contributed by atoms with van der Waals surface area (Å²) >= 11 is 0. The molecule has 1 aliphatic carbocycles. The number of hydrogen-bond donors (Lipinski definition) is 0. The van der Waals surface area contributed by atoms with E-state index in [1.165, 1.54) is 74.6 Å². The van der Waals surface area contributed by atoms with E-state index in [1.54, 1.807) is 0 Å². The van der Waals surface area contributed by atoms with Gasteiger partial charge >= 0.3 is 0 Å². The molecule has 0 atom stereocenters. The first kappa shape index (κ1) is 28.9. The highest BCUT2D eigenvalue weighted by Gasteiger charge is 2.50. The lowest BCUT2D eigenvalue weighted by atomic mass is 9.66. The summed E-state index contributed by atoms with van der Waals surface area (Å²) < 4.78 is 7.33. The van der Waals surface area contributed by atoms with E-state index in [0.717, 1.165) is 13.0 Å². The van der Waals surface area contributed by atoms with E-state index < -0.39 is 8.32 Å². The SMILES string of the molecule is C=CCCCC(C)(C)CCC1(CCO[Si](c2ccccc2)(c2ccccc2)C(C)(C)C)CCCCC1. The molecule has 0 N–H and O–H groups in total. The quantitative estimate of drug-likeness (QED) is 0.150. The van der Waals surface area contributed by atoms with Crippen molar-refractivity contribution >= 4 is 18.7 Å². The summed E-state index contributed by atoms with van der Waals surface area (Å²) in [4.78, 5) is 0. The zero-order chi connectivity index (χ0) is 26.1. The van der Waals surface area contributed by atoms with Gasteiger partial charge in [0.05, 0.1) is 0 Å². The van der Waals surface area contributed by atoms with Crippen molar-refractivity contribution in [3.8, 4) is 0 Å². The largest absolute Gasteiger partial charge is 0.407 e. The second-order valence-electron chi connectivity index (χ2n) is 13.2. The van der Waals surface area contributed by atoms with Crippen LogP contribution >= 0.6 is 0 Å². The van der Waals surface area contributed by atoms with Gasteiger partial charge in [-0.15, -0.1) is 6.58 Å². The lowest BCUT2D eigenvalue weighted by Gasteiger charge is -2.45. The van der Waals surface area contributed by atoms with Gasteiger partial charge in [0.25, 0.3) is 8.32 Å². The molecule has 1 fully saturated rings. The highest BCUT2D eigenvalue weighted by atomic mass is 28.4. The topological polar surface area (TPSA) is 9.23 Å². The normalized spacial score (nSPS) is 16.6. The number of hydrogen-bond acceptors (Lipinski definition) is 1. The average Bonchev–Trinajstić information content (AvgIpc) is 2.87. The van der Waals surface area contributed by atoms with Crippen LogP contribution in [-0.4, -0.2) is 14.9 Å². The molecule has 0 spiro atoms. The maximum absolute atomic E-state index is 7.33. The first-order valence-corrected chi connectivity index (χ1v) is 16.4. The molecule has 0 saturated heterocycles. The molecular weight excluding hydrogens is 452 g/mol. The molecule has 0 bridgehead atoms. The van der Waals surface area contributed by atoms with Crippen LogP contribution in [0.15, 0.2) is 73.3 Å². The molecule has 0 unspecified atom stereocenters. The third-order valence-electron chi connectivity index (χ3n) is 8.88. The summed E-state index contributed by atoms with van der Waals surface area (Å²) in [6, 6.07) is 22.3. The molecule has 3 rings (SSSR count). The minimum atomic E-state index is -2.46. The van der Waals surface area contributed by atoms with Gasteiger partial charge in [0.2, 0.25) is 0 Å². The molecule has 1 aliphatic rings. The summed E-state index contributed by atoms with van der Waals surface area (Å²) in [5, 5.41) is 2.83. The van der Waals surface area contributed by atoms with E-state index >= 15 is 0 Å². The fraction of sp³-hybridized carbons (Fsp3) is 0.588. The molecule has 0 amide bonds. The molecule has 0 aliphatic heterocycles. The second-order valence-corrected chi connectivity index (χ2v) is 17.5. The molecule has 198 valence electrons. The zero-order valence-electron chi connectivity index (χ0n) is 24.0. The first-order chi connectivity index (χ1) is 17.1. The Kier molecular flexibility index (Phi) is 10.2. The Morgan fingerprint density at radius 2 is 1.36 bits per heavy atom. The molecule has 36 heavy (non-hydrogen) atoms. The maximum atomic E-state index is 7.33. The summed E-state index contributed by atoms with van der Waals surface area (Å²) in [5.74, 6) is 0. The Balaban J connectivity index is 1.82. The van der Waals surface area contributed by atoms with Crippen molar-refractivity contribution in [2.24, 2.45) is 10.8 Å². The van der Waals surface area contributed by atoms with Gasteiger partial charge in [0, 0.05) is 6.61 Å². The smallest absolute Gasteiger partial charge is 0.261 e. The predicted octanol–water partition coefficient (Wildman–Crippen LogP) is 9.07. The number of allylic oxidation sites excluding steroid dienone is 1. The van der Waals surface area contributed by atoms with Gasteiger partial charge in [-0.1, -0.05) is 121 Å². The van der Waals surface area contributed by atoms with Crippen molar-refractivity contribution < 1.29 is 4.43 Å². The first-order valence-electron chi connectivity index (χ1n) is 14.5. The summed E-state index contributed by atoms with van der Waals surface area (Å²) in [7, 11) is -2.46. The third kappa shape index (κ3) is 7.23. The van der Waals surface area contributed by atoms with Crippen LogP contribution in [0.3, 0.4) is 0 Å². The van der Waals surface area contributed by atoms with E-state index in [9.17, 15) is 0 Å². The monoisotopic (exact) mass is 504 g/mol. The standard InChI is InChI=1S/C34H52OSi/c1-7-8-16-23-33(5,6)26-27-34(24-17-11-18-25-34)28-29-35-36(32(2,3)4,30-19-12-9-13-20-30)31-21-14-10-15-22-31/h7,9-10,12-15,19-22H,1,8,11,16-18,23-29H2,2-6H3. The predicted molar refractivity (Wildman–Crippen MR) is 161 cm³/mol. The fourth-order valence-corrected chi connectivity index (χ4v) is 11.1. The van der Waals surface area contributed by atoms with Gasteiger partial charge < -0.3 is 4.43 Å². The lowest BCUT2D eigenvalue weighted by molar-refractivity contribution is 0.101. The van der Waals surface area contributed by atoms with Crippen LogP contribution in [0.25, 0.3) is 0 Å². The van der Waals surface area contributed by atoms with Crippen molar-refractivity contribution in [3.63, 3.8) is 0 Å². The van der Waals surface area contributed by atoms with E-state index in [2.05, 4.69) is 108 Å². The van der Waals surface area contributed by atoms with Crippen molar-refractivity contribution in [1.29, 1.82) is 0 Å². The van der Waals surface area contributed by atoms with Gasteiger partial charge in [-0.3, -0.25) is 0 Å². The number of unbranched alkanes of at least 4 members (excludes halogenated alkanes) is 1. The highest BCUT2D eigenvalue weighted by Crippen LogP contribution is 2.47. The molecule has 1 saturated carbocycles. The number of benzene rings is 2. The zero-order valence-corrected chi connectivity index (χ0v) is 25.0. The minimum Gasteiger partial charge on any atom is -0.407 e. The minimum absolute atomic E-state index is 0.0442. The fourth-order valence-electron chi connectivity index (χ4n) is 6.56. The molecule has 2 aromatic rings. The Hall–Kier alpha value is -1.64. The van der Waals surface area contributed by atoms with Gasteiger partial charge in [0.15, 0.2) is 0 Å². The average molecular weight is 505 g/mol. The second kappa shape index (κ2) is 12.7. The summed E-state index contributed by atoms with van der Waals surface area (Å²) in [5.41, 5.74) is 0.853. The molecule has 1 nitrogen and oxygen atoms in total. The Labute approximate surface area is 223 Å². The van der Waals surface area contributed by atoms with E-state index in [4.69, 9.17) is 4.43 Å². The summed E-state index contributed by atoms with van der Waals surface area (Å²) in [6.45, 7) is 16.9.